The highest BCUT2D eigenvalue weighted by Crippen LogP contribution is 2.67. The summed E-state index contributed by atoms with van der Waals surface area (Å²) in [7, 11) is 0. The van der Waals surface area contributed by atoms with E-state index in [0.29, 0.717) is 42.3 Å². The van der Waals surface area contributed by atoms with Gasteiger partial charge in [-0.3, -0.25) is 9.69 Å². The molecule has 6 aliphatic rings. The van der Waals surface area contributed by atoms with Crippen LogP contribution in [0.5, 0.6) is 0 Å². The van der Waals surface area contributed by atoms with Gasteiger partial charge in [0, 0.05) is 30.7 Å². The predicted octanol–water partition coefficient (Wildman–Crippen LogP) is 4.83. The van der Waals surface area contributed by atoms with Gasteiger partial charge in [-0.25, -0.2) is 9.78 Å². The van der Waals surface area contributed by atoms with Gasteiger partial charge < -0.3 is 14.6 Å². The smallest absolute Gasteiger partial charge is 0.326 e. The Balaban J connectivity index is 1.13. The summed E-state index contributed by atoms with van der Waals surface area (Å²) in [6, 6.07) is 9.22. The highest BCUT2D eigenvalue weighted by Gasteiger charge is 2.60. The van der Waals surface area contributed by atoms with Crippen molar-refractivity contribution in [2.75, 3.05) is 11.4 Å². The average Bonchev–Trinajstić information content (AvgIpc) is 3.02. The summed E-state index contributed by atoms with van der Waals surface area (Å²) in [6.45, 7) is 3.16. The quantitative estimate of drug-likeness (QED) is 0.627. The van der Waals surface area contributed by atoms with Gasteiger partial charge in [-0.1, -0.05) is 25.5 Å². The summed E-state index contributed by atoms with van der Waals surface area (Å²) in [5, 5.41) is 9.66. The summed E-state index contributed by atoms with van der Waals surface area (Å²) in [5.41, 5.74) is 2.20. The molecule has 3 aliphatic carbocycles. The zero-order valence-corrected chi connectivity index (χ0v) is 22.5. The van der Waals surface area contributed by atoms with Crippen LogP contribution in [0, 0.1) is 23.2 Å². The van der Waals surface area contributed by atoms with E-state index in [9.17, 15) is 14.7 Å². The van der Waals surface area contributed by atoms with Crippen LogP contribution in [0.1, 0.15) is 83.6 Å². The number of piperidine rings is 2. The first-order chi connectivity index (χ1) is 18.4. The minimum Gasteiger partial charge on any atom is -0.480 e. The van der Waals surface area contributed by atoms with Gasteiger partial charge in [0.15, 0.2) is 5.82 Å². The third-order valence-electron chi connectivity index (χ3n) is 12.1. The molecule has 202 valence electrons. The minimum absolute atomic E-state index is 0.105. The van der Waals surface area contributed by atoms with E-state index in [1.807, 2.05) is 28.8 Å². The molecule has 4 heterocycles. The van der Waals surface area contributed by atoms with E-state index in [2.05, 4.69) is 11.8 Å². The van der Waals surface area contributed by atoms with Gasteiger partial charge in [0.1, 0.15) is 6.04 Å². The van der Waals surface area contributed by atoms with Gasteiger partial charge in [0.25, 0.3) is 5.56 Å². The van der Waals surface area contributed by atoms with Crippen molar-refractivity contribution in [3.8, 4) is 0 Å². The van der Waals surface area contributed by atoms with Crippen molar-refractivity contribution < 1.29 is 9.90 Å². The highest BCUT2D eigenvalue weighted by atomic mass is 16.4. The van der Waals surface area contributed by atoms with E-state index in [0.717, 1.165) is 41.6 Å². The molecular weight excluding hydrogens is 476 g/mol. The number of hydrogen-bond acceptors (Lipinski definition) is 5. The van der Waals surface area contributed by atoms with Crippen LogP contribution in [0.2, 0.25) is 0 Å². The normalized spacial score (nSPS) is 41.9. The third kappa shape index (κ3) is 3.26. The molecule has 4 bridgehead atoms. The molecule has 3 saturated heterocycles. The Morgan fingerprint density at radius 3 is 2.45 bits per heavy atom. The number of aliphatic carboxylic acids is 1. The molecule has 3 saturated carbocycles. The maximum atomic E-state index is 14.1. The fourth-order valence-corrected chi connectivity index (χ4v) is 10.2. The predicted molar refractivity (Wildman–Crippen MR) is 146 cm³/mol. The van der Waals surface area contributed by atoms with Gasteiger partial charge >= 0.3 is 5.97 Å². The number of benzene rings is 1. The molecule has 7 heteroatoms. The Labute approximate surface area is 224 Å². The fraction of sp³-hybridized carbons (Fsp3) is 0.710. The number of rotatable bonds is 4. The molecule has 7 nitrogen and oxygen atoms in total. The van der Waals surface area contributed by atoms with Crippen LogP contribution in [0.3, 0.4) is 0 Å². The molecule has 38 heavy (non-hydrogen) atoms. The molecular formula is C31H40N4O3. The monoisotopic (exact) mass is 516 g/mol. The number of aromatic nitrogens is 2. The molecule has 1 N–H and O–H groups in total. The van der Waals surface area contributed by atoms with Crippen LogP contribution in [0.25, 0.3) is 11.0 Å². The third-order valence-corrected chi connectivity index (χ3v) is 12.1. The molecule has 3 aliphatic heterocycles. The number of anilines is 1. The summed E-state index contributed by atoms with van der Waals surface area (Å²) in [5.74, 6) is 2.27. The summed E-state index contributed by atoms with van der Waals surface area (Å²) >= 11 is 0. The van der Waals surface area contributed by atoms with E-state index in [1.54, 1.807) is 4.90 Å². The van der Waals surface area contributed by atoms with Crippen LogP contribution in [-0.4, -0.2) is 56.2 Å². The van der Waals surface area contributed by atoms with E-state index < -0.39 is 12.0 Å². The Morgan fingerprint density at radius 1 is 0.947 bits per heavy atom. The lowest BCUT2D eigenvalue weighted by atomic mass is 9.54. The summed E-state index contributed by atoms with van der Waals surface area (Å²) in [6.07, 6.45) is 13.5. The lowest BCUT2D eigenvalue weighted by Gasteiger charge is -2.56. The first kappa shape index (κ1) is 23.5. The van der Waals surface area contributed by atoms with Gasteiger partial charge in [0.2, 0.25) is 0 Å². The zero-order chi connectivity index (χ0) is 25.8. The Morgan fingerprint density at radius 2 is 1.71 bits per heavy atom. The molecule has 0 amide bonds. The summed E-state index contributed by atoms with van der Waals surface area (Å²) < 4.78 is 2.02. The van der Waals surface area contributed by atoms with Crippen molar-refractivity contribution in [2.45, 2.75) is 108 Å². The van der Waals surface area contributed by atoms with Gasteiger partial charge in [-0.2, -0.15) is 0 Å². The first-order valence-corrected chi connectivity index (χ1v) is 15.2. The van der Waals surface area contributed by atoms with Crippen molar-refractivity contribution in [1.82, 2.24) is 14.5 Å². The number of hydrogen-bond donors (Lipinski definition) is 1. The standard InChI is InChI=1S/C31H40N4O3/c1-31-17-18-11-19(31)13-20(31)14-23(12-18)34-21-5-4-6-22(34)16-24(15-21)35-26-8-3-2-7-25(26)32-28(29(35)36)33-10-9-27(33)30(37)38/h2-3,7-8,18-24,27H,4-6,9-17H2,1H3,(H,37,38)/t18-,19+,20+,21+,22?,23-,24?,27+,31?/m1/s1. The number of carbonyl (C=O) groups is 1. The molecule has 0 spiro atoms. The molecule has 6 fully saturated rings. The second kappa shape index (κ2) is 8.30. The minimum atomic E-state index is -0.872. The molecule has 9 atom stereocenters. The number of para-hydroxylation sites is 2. The zero-order valence-electron chi connectivity index (χ0n) is 22.5. The molecule has 1 aromatic heterocycles. The number of carboxylic acid groups (broad SMARTS) is 1. The van der Waals surface area contributed by atoms with Crippen molar-refractivity contribution in [1.29, 1.82) is 0 Å². The van der Waals surface area contributed by atoms with E-state index in [-0.39, 0.29) is 11.6 Å². The van der Waals surface area contributed by atoms with E-state index in [4.69, 9.17) is 4.98 Å². The lowest BCUT2D eigenvalue weighted by molar-refractivity contribution is -0.140. The van der Waals surface area contributed by atoms with E-state index in [1.165, 1.54) is 51.4 Å². The van der Waals surface area contributed by atoms with Gasteiger partial charge in [-0.15, -0.1) is 0 Å². The van der Waals surface area contributed by atoms with Crippen LogP contribution in [0.15, 0.2) is 29.1 Å². The van der Waals surface area contributed by atoms with E-state index >= 15 is 0 Å². The van der Waals surface area contributed by atoms with Gasteiger partial charge in [-0.05, 0) is 99.5 Å². The van der Waals surface area contributed by atoms with Crippen LogP contribution in [0.4, 0.5) is 5.82 Å². The van der Waals surface area contributed by atoms with Crippen LogP contribution in [-0.2, 0) is 4.79 Å². The number of carboxylic acids is 1. The maximum Gasteiger partial charge on any atom is 0.326 e. The van der Waals surface area contributed by atoms with Crippen molar-refractivity contribution >= 4 is 22.8 Å². The molecule has 3 unspecified atom stereocenters. The number of nitrogens with zero attached hydrogens (tertiary/aromatic N) is 4. The Kier molecular flexibility index (Phi) is 5.12. The molecule has 0 radical (unpaired) electrons. The fourth-order valence-electron chi connectivity index (χ4n) is 10.2. The Bertz CT molecular complexity index is 1340. The topological polar surface area (TPSA) is 78.7 Å². The average molecular weight is 517 g/mol. The molecule has 1 aromatic carbocycles. The Hall–Kier alpha value is -2.41. The maximum absolute atomic E-state index is 14.1. The first-order valence-electron chi connectivity index (χ1n) is 15.2. The SMILES string of the molecule is CC12C[C@H]3C[C@@H](N4C5CCC[C@H]4CC(n4c(=O)c(N6CC[C@H]6C(=O)O)nc6ccccc64)C5)C[C@@H]1C[C@@H]2C3. The van der Waals surface area contributed by atoms with Crippen LogP contribution < -0.4 is 10.5 Å². The second-order valence-electron chi connectivity index (χ2n) is 13.8. The highest BCUT2D eigenvalue weighted by molar-refractivity contribution is 5.81. The lowest BCUT2D eigenvalue weighted by Crippen LogP contribution is -2.59. The second-order valence-corrected chi connectivity index (χ2v) is 13.8. The largest absolute Gasteiger partial charge is 0.480 e. The van der Waals surface area contributed by atoms with Crippen LogP contribution >= 0.6 is 0 Å². The van der Waals surface area contributed by atoms with Crippen molar-refractivity contribution in [3.63, 3.8) is 0 Å². The molecule has 8 rings (SSSR count). The van der Waals surface area contributed by atoms with Gasteiger partial charge in [0.05, 0.1) is 11.0 Å². The van der Waals surface area contributed by atoms with Crippen molar-refractivity contribution in [2.24, 2.45) is 23.2 Å². The molecule has 2 aromatic rings. The van der Waals surface area contributed by atoms with Crippen molar-refractivity contribution in [3.05, 3.63) is 34.6 Å². The number of fused-ring (bicyclic) bond motifs is 4. The summed E-state index contributed by atoms with van der Waals surface area (Å²) in [4.78, 5) is 35.2.